The van der Waals surface area contributed by atoms with Gasteiger partial charge in [0.15, 0.2) is 5.96 Å². The molecule has 2 heterocycles. The molecule has 0 saturated heterocycles. The quantitative estimate of drug-likeness (QED) is 0.310. The standard InChI is InChI=1S/C20H26N4S.HI/c1-15-17(18-8-4-5-9-19(18)23-15)10-12-22-20(21-2)24(3)13-11-16-7-6-14-25-16;/h4-9,14,23H,10-13H2,1-3H3,(H,21,22);1H. The summed E-state index contributed by atoms with van der Waals surface area (Å²) in [4.78, 5) is 11.5. The smallest absolute Gasteiger partial charge is 0.193 e. The summed E-state index contributed by atoms with van der Waals surface area (Å²) in [6.45, 7) is 3.99. The Hall–Kier alpha value is -1.54. The topological polar surface area (TPSA) is 43.4 Å². The van der Waals surface area contributed by atoms with Gasteiger partial charge in [-0.25, -0.2) is 0 Å². The molecule has 0 aliphatic heterocycles. The van der Waals surface area contributed by atoms with E-state index in [1.807, 2.05) is 18.4 Å². The number of halogens is 1. The highest BCUT2D eigenvalue weighted by Gasteiger charge is 2.09. The summed E-state index contributed by atoms with van der Waals surface area (Å²) >= 11 is 1.81. The number of hydrogen-bond acceptors (Lipinski definition) is 2. The number of aryl methyl sites for hydroxylation is 1. The number of likely N-dealkylation sites (N-methyl/N-ethyl adjacent to an activating group) is 1. The van der Waals surface area contributed by atoms with Crippen LogP contribution in [0.2, 0.25) is 0 Å². The third kappa shape index (κ3) is 5.01. The normalized spacial score (nSPS) is 11.4. The van der Waals surface area contributed by atoms with Gasteiger partial charge in [0, 0.05) is 48.7 Å². The van der Waals surface area contributed by atoms with Crippen LogP contribution in [-0.4, -0.2) is 43.0 Å². The third-order valence-electron chi connectivity index (χ3n) is 4.53. The summed E-state index contributed by atoms with van der Waals surface area (Å²) in [6.07, 6.45) is 2.03. The Morgan fingerprint density at radius 3 is 2.73 bits per heavy atom. The molecule has 0 aliphatic rings. The third-order valence-corrected chi connectivity index (χ3v) is 5.47. The first-order valence-electron chi connectivity index (χ1n) is 8.69. The maximum Gasteiger partial charge on any atom is 0.193 e. The monoisotopic (exact) mass is 482 g/mol. The zero-order valence-electron chi connectivity index (χ0n) is 15.6. The van der Waals surface area contributed by atoms with Crippen LogP contribution in [0.1, 0.15) is 16.1 Å². The Labute approximate surface area is 176 Å². The molecule has 140 valence electrons. The van der Waals surface area contributed by atoms with Gasteiger partial charge in [0.1, 0.15) is 0 Å². The van der Waals surface area contributed by atoms with Gasteiger partial charge in [-0.1, -0.05) is 24.3 Å². The number of aromatic amines is 1. The van der Waals surface area contributed by atoms with E-state index in [4.69, 9.17) is 0 Å². The van der Waals surface area contributed by atoms with Crippen LogP contribution < -0.4 is 5.32 Å². The molecule has 3 rings (SSSR count). The number of fused-ring (bicyclic) bond motifs is 1. The fourth-order valence-electron chi connectivity index (χ4n) is 3.18. The van der Waals surface area contributed by atoms with Gasteiger partial charge in [0.25, 0.3) is 0 Å². The predicted octanol–water partition coefficient (Wildman–Crippen LogP) is 4.45. The van der Waals surface area contributed by atoms with Crippen LogP contribution in [0, 0.1) is 6.92 Å². The Bertz CT molecular complexity index is 839. The second kappa shape index (κ2) is 9.97. The molecule has 0 atom stereocenters. The predicted molar refractivity (Wildman–Crippen MR) is 124 cm³/mol. The van der Waals surface area contributed by atoms with E-state index < -0.39 is 0 Å². The van der Waals surface area contributed by atoms with Gasteiger partial charge in [-0.3, -0.25) is 4.99 Å². The van der Waals surface area contributed by atoms with Crippen molar-refractivity contribution in [1.29, 1.82) is 0 Å². The molecule has 0 saturated carbocycles. The van der Waals surface area contributed by atoms with Crippen molar-refractivity contribution in [3.8, 4) is 0 Å². The van der Waals surface area contributed by atoms with E-state index in [0.717, 1.165) is 31.9 Å². The highest BCUT2D eigenvalue weighted by molar-refractivity contribution is 14.0. The fraction of sp³-hybridized carbons (Fsp3) is 0.350. The van der Waals surface area contributed by atoms with Crippen molar-refractivity contribution in [3.63, 3.8) is 0 Å². The number of H-pyrrole nitrogens is 1. The average molecular weight is 482 g/mol. The van der Waals surface area contributed by atoms with Crippen LogP contribution in [0.5, 0.6) is 0 Å². The molecule has 0 fully saturated rings. The molecule has 0 unspecified atom stereocenters. The Morgan fingerprint density at radius 2 is 2.00 bits per heavy atom. The summed E-state index contributed by atoms with van der Waals surface area (Å²) < 4.78 is 0. The zero-order chi connectivity index (χ0) is 17.6. The Balaban J connectivity index is 0.00000243. The minimum Gasteiger partial charge on any atom is -0.358 e. The van der Waals surface area contributed by atoms with Crippen molar-refractivity contribution in [3.05, 3.63) is 57.9 Å². The number of rotatable bonds is 6. The number of aliphatic imine (C=N–C) groups is 1. The minimum atomic E-state index is 0. The maximum absolute atomic E-state index is 4.42. The van der Waals surface area contributed by atoms with E-state index in [9.17, 15) is 0 Å². The molecule has 0 bridgehead atoms. The molecule has 4 nitrogen and oxygen atoms in total. The number of nitrogens with zero attached hydrogens (tertiary/aromatic N) is 2. The lowest BCUT2D eigenvalue weighted by atomic mass is 10.1. The molecular weight excluding hydrogens is 455 g/mol. The van der Waals surface area contributed by atoms with Crippen molar-refractivity contribution in [2.45, 2.75) is 19.8 Å². The lowest BCUT2D eigenvalue weighted by molar-refractivity contribution is 0.487. The molecular formula is C20H27IN4S. The van der Waals surface area contributed by atoms with Crippen molar-refractivity contribution >= 4 is 52.2 Å². The van der Waals surface area contributed by atoms with E-state index in [1.54, 1.807) is 0 Å². The van der Waals surface area contributed by atoms with E-state index in [-0.39, 0.29) is 24.0 Å². The number of thiophene rings is 1. The number of aromatic nitrogens is 1. The SMILES string of the molecule is CN=C(NCCc1c(C)[nH]c2ccccc12)N(C)CCc1cccs1.I. The van der Waals surface area contributed by atoms with Gasteiger partial charge in [-0.05, 0) is 42.8 Å². The van der Waals surface area contributed by atoms with Crippen LogP contribution in [-0.2, 0) is 12.8 Å². The van der Waals surface area contributed by atoms with Crippen LogP contribution >= 0.6 is 35.3 Å². The lowest BCUT2D eigenvalue weighted by Crippen LogP contribution is -2.40. The molecule has 0 radical (unpaired) electrons. The largest absolute Gasteiger partial charge is 0.358 e. The van der Waals surface area contributed by atoms with Crippen LogP contribution in [0.3, 0.4) is 0 Å². The molecule has 0 spiro atoms. The van der Waals surface area contributed by atoms with Crippen LogP contribution in [0.15, 0.2) is 46.8 Å². The lowest BCUT2D eigenvalue weighted by Gasteiger charge is -2.21. The van der Waals surface area contributed by atoms with E-state index in [2.05, 4.69) is 75.9 Å². The molecule has 0 aliphatic carbocycles. The van der Waals surface area contributed by atoms with Crippen molar-refractivity contribution < 1.29 is 0 Å². The molecule has 1 aromatic carbocycles. The number of para-hydroxylation sites is 1. The first-order chi connectivity index (χ1) is 12.2. The first kappa shape index (κ1) is 20.8. The summed E-state index contributed by atoms with van der Waals surface area (Å²) in [5.74, 6) is 0.953. The maximum atomic E-state index is 4.42. The Morgan fingerprint density at radius 1 is 1.19 bits per heavy atom. The average Bonchev–Trinajstić information content (AvgIpc) is 3.24. The fourth-order valence-corrected chi connectivity index (χ4v) is 3.88. The minimum absolute atomic E-state index is 0. The van der Waals surface area contributed by atoms with E-state index in [1.165, 1.54) is 27.0 Å². The summed E-state index contributed by atoms with van der Waals surface area (Å²) in [6, 6.07) is 12.8. The molecule has 26 heavy (non-hydrogen) atoms. The summed E-state index contributed by atoms with van der Waals surface area (Å²) in [7, 11) is 3.95. The number of nitrogens with one attached hydrogen (secondary N) is 2. The van der Waals surface area contributed by atoms with Gasteiger partial charge < -0.3 is 15.2 Å². The van der Waals surface area contributed by atoms with Gasteiger partial charge in [0.2, 0.25) is 0 Å². The molecule has 0 amide bonds. The van der Waals surface area contributed by atoms with E-state index >= 15 is 0 Å². The number of benzene rings is 1. The second-order valence-electron chi connectivity index (χ2n) is 6.25. The van der Waals surface area contributed by atoms with Crippen LogP contribution in [0.4, 0.5) is 0 Å². The first-order valence-corrected chi connectivity index (χ1v) is 9.57. The van der Waals surface area contributed by atoms with Crippen molar-refractivity contribution in [1.82, 2.24) is 15.2 Å². The van der Waals surface area contributed by atoms with Gasteiger partial charge in [0.05, 0.1) is 0 Å². The molecule has 6 heteroatoms. The second-order valence-corrected chi connectivity index (χ2v) is 7.28. The highest BCUT2D eigenvalue weighted by Crippen LogP contribution is 2.21. The van der Waals surface area contributed by atoms with Gasteiger partial charge in [-0.15, -0.1) is 35.3 Å². The Kier molecular flexibility index (Phi) is 7.96. The van der Waals surface area contributed by atoms with E-state index in [0.29, 0.717) is 0 Å². The molecule has 3 aromatic rings. The van der Waals surface area contributed by atoms with Crippen LogP contribution in [0.25, 0.3) is 10.9 Å². The number of hydrogen-bond donors (Lipinski definition) is 2. The highest BCUT2D eigenvalue weighted by atomic mass is 127. The number of guanidine groups is 1. The van der Waals surface area contributed by atoms with Gasteiger partial charge >= 0.3 is 0 Å². The zero-order valence-corrected chi connectivity index (χ0v) is 18.7. The summed E-state index contributed by atoms with van der Waals surface area (Å²) in [5.41, 5.74) is 3.86. The van der Waals surface area contributed by atoms with Crippen molar-refractivity contribution in [2.24, 2.45) is 4.99 Å². The molecule has 2 N–H and O–H groups in total. The molecule has 2 aromatic heterocycles. The van der Waals surface area contributed by atoms with Gasteiger partial charge in [-0.2, -0.15) is 0 Å². The summed E-state index contributed by atoms with van der Waals surface area (Å²) in [5, 5.41) is 6.95. The van der Waals surface area contributed by atoms with Crippen molar-refractivity contribution in [2.75, 3.05) is 27.2 Å².